The van der Waals surface area contributed by atoms with Gasteiger partial charge in [-0.25, -0.2) is 4.99 Å². The highest BCUT2D eigenvalue weighted by Crippen LogP contribution is 2.21. The van der Waals surface area contributed by atoms with Gasteiger partial charge in [-0.05, 0) is 26.7 Å². The van der Waals surface area contributed by atoms with Crippen LogP contribution in [0, 0.1) is 0 Å². The van der Waals surface area contributed by atoms with E-state index in [0.29, 0.717) is 12.6 Å². The summed E-state index contributed by atoms with van der Waals surface area (Å²) >= 11 is 0. The molecule has 0 saturated heterocycles. The van der Waals surface area contributed by atoms with Gasteiger partial charge in [-0.3, -0.25) is 4.68 Å². The van der Waals surface area contributed by atoms with Gasteiger partial charge in [0.1, 0.15) is 5.60 Å². The number of nitrogens with one attached hydrogen (secondary N) is 2. The molecule has 6 nitrogen and oxygen atoms in total. The summed E-state index contributed by atoms with van der Waals surface area (Å²) in [5, 5.41) is 21.0. The molecule has 1 aromatic heterocycles. The molecule has 1 unspecified atom stereocenters. The first-order valence-electron chi connectivity index (χ1n) is 6.77. The van der Waals surface area contributed by atoms with Crippen molar-refractivity contribution in [1.29, 1.82) is 0 Å². The highest BCUT2D eigenvalue weighted by Gasteiger charge is 2.26. The van der Waals surface area contributed by atoms with Crippen molar-refractivity contribution in [1.82, 2.24) is 20.4 Å². The summed E-state index contributed by atoms with van der Waals surface area (Å²) in [5.74, 6) is 0.772. The Kier molecular flexibility index (Phi) is 6.25. The fraction of sp³-hybridized carbons (Fsp3) is 0.692. The molecule has 0 bridgehead atoms. The van der Waals surface area contributed by atoms with E-state index in [9.17, 15) is 5.11 Å². The first-order valence-corrected chi connectivity index (χ1v) is 6.77. The monoisotopic (exact) mass is 393 g/mol. The van der Waals surface area contributed by atoms with Crippen molar-refractivity contribution in [2.24, 2.45) is 12.0 Å². The average Bonchev–Trinajstić information content (AvgIpc) is 3.05. The fourth-order valence-corrected chi connectivity index (χ4v) is 1.76. The van der Waals surface area contributed by atoms with Gasteiger partial charge in [0.2, 0.25) is 0 Å². The predicted molar refractivity (Wildman–Crippen MR) is 90.3 cm³/mol. The van der Waals surface area contributed by atoms with Gasteiger partial charge in [0.15, 0.2) is 5.96 Å². The van der Waals surface area contributed by atoms with Gasteiger partial charge in [-0.15, -0.1) is 24.0 Å². The number of aliphatic hydroxyl groups is 1. The third-order valence-corrected chi connectivity index (χ3v) is 3.13. The molecule has 1 heterocycles. The van der Waals surface area contributed by atoms with Gasteiger partial charge in [0.25, 0.3) is 0 Å². The third-order valence-electron chi connectivity index (χ3n) is 3.13. The van der Waals surface area contributed by atoms with Gasteiger partial charge in [-0.1, -0.05) is 0 Å². The van der Waals surface area contributed by atoms with Crippen LogP contribution in [0.4, 0.5) is 0 Å². The number of nitrogens with zero attached hydrogens (tertiary/aromatic N) is 3. The zero-order valence-corrected chi connectivity index (χ0v) is 14.6. The van der Waals surface area contributed by atoms with E-state index < -0.39 is 5.60 Å². The molecule has 1 aromatic rings. The Morgan fingerprint density at radius 2 is 2.30 bits per heavy atom. The first kappa shape index (κ1) is 17.2. The summed E-state index contributed by atoms with van der Waals surface area (Å²) in [5.41, 5.74) is -0.221. The Morgan fingerprint density at radius 1 is 1.60 bits per heavy atom. The summed E-state index contributed by atoms with van der Waals surface area (Å²) < 4.78 is 1.68. The molecule has 2 rings (SSSR count). The van der Waals surface area contributed by atoms with Gasteiger partial charge < -0.3 is 15.7 Å². The lowest BCUT2D eigenvalue weighted by Crippen LogP contribution is -2.39. The second kappa shape index (κ2) is 7.26. The lowest BCUT2D eigenvalue weighted by atomic mass is 10.0. The Hall–Kier alpha value is -0.830. The number of halogens is 1. The Bertz CT molecular complexity index is 453. The minimum atomic E-state index is -1.000. The number of hydrogen-bond donors (Lipinski definition) is 3. The summed E-state index contributed by atoms with van der Waals surface area (Å²) in [6.45, 7) is 4.91. The van der Waals surface area contributed by atoms with Crippen LogP contribution in [-0.2, 0) is 12.6 Å². The topological polar surface area (TPSA) is 74.5 Å². The number of hydrogen-bond acceptors (Lipinski definition) is 3. The van der Waals surface area contributed by atoms with E-state index in [0.717, 1.165) is 18.1 Å². The minimum absolute atomic E-state index is 0. The predicted octanol–water partition coefficient (Wildman–Crippen LogP) is 0.963. The second-order valence-electron chi connectivity index (χ2n) is 5.29. The molecule has 3 N–H and O–H groups in total. The van der Waals surface area contributed by atoms with Crippen molar-refractivity contribution >= 4 is 29.9 Å². The van der Waals surface area contributed by atoms with E-state index in [2.05, 4.69) is 20.7 Å². The number of aliphatic imine (C=N–C) groups is 1. The van der Waals surface area contributed by atoms with Crippen molar-refractivity contribution in [2.45, 2.75) is 38.3 Å². The molecule has 7 heteroatoms. The zero-order chi connectivity index (χ0) is 13.9. The molecular formula is C13H24IN5O. The van der Waals surface area contributed by atoms with Crippen LogP contribution in [0.25, 0.3) is 0 Å². The van der Waals surface area contributed by atoms with Crippen molar-refractivity contribution in [3.63, 3.8) is 0 Å². The maximum Gasteiger partial charge on any atom is 0.191 e. The standard InChI is InChI=1S/C13H23N5O.HI/c1-4-14-12(17-11-5-6-11)15-9-13(2,19)10-7-16-18(3)8-10;/h7-8,11,19H,4-6,9H2,1-3H3,(H2,14,15,17);1H. The first-order chi connectivity index (χ1) is 9.01. The van der Waals surface area contributed by atoms with Gasteiger partial charge in [-0.2, -0.15) is 5.10 Å². The number of rotatable bonds is 5. The molecule has 20 heavy (non-hydrogen) atoms. The Morgan fingerprint density at radius 3 is 2.80 bits per heavy atom. The smallest absolute Gasteiger partial charge is 0.191 e. The van der Waals surface area contributed by atoms with Crippen molar-refractivity contribution in [2.75, 3.05) is 13.1 Å². The van der Waals surface area contributed by atoms with E-state index in [1.807, 2.05) is 20.2 Å². The molecule has 0 radical (unpaired) electrons. The van der Waals surface area contributed by atoms with Crippen molar-refractivity contribution in [3.05, 3.63) is 18.0 Å². The third kappa shape index (κ3) is 4.93. The molecule has 0 aromatic carbocycles. The van der Waals surface area contributed by atoms with Crippen LogP contribution < -0.4 is 10.6 Å². The molecule has 0 aliphatic heterocycles. The molecule has 0 spiro atoms. The highest BCUT2D eigenvalue weighted by molar-refractivity contribution is 14.0. The van der Waals surface area contributed by atoms with Crippen LogP contribution in [0.1, 0.15) is 32.3 Å². The van der Waals surface area contributed by atoms with Crippen LogP contribution in [0.3, 0.4) is 0 Å². The quantitative estimate of drug-likeness (QED) is 0.396. The summed E-state index contributed by atoms with van der Waals surface area (Å²) in [6.07, 6.45) is 5.89. The molecule has 0 amide bonds. The minimum Gasteiger partial charge on any atom is -0.383 e. The van der Waals surface area contributed by atoms with E-state index >= 15 is 0 Å². The summed E-state index contributed by atoms with van der Waals surface area (Å²) in [7, 11) is 1.83. The molecule has 1 saturated carbocycles. The Balaban J connectivity index is 0.00000200. The van der Waals surface area contributed by atoms with Crippen LogP contribution >= 0.6 is 24.0 Å². The number of aryl methyl sites for hydroxylation is 1. The summed E-state index contributed by atoms with van der Waals surface area (Å²) in [4.78, 5) is 4.46. The number of aromatic nitrogens is 2. The van der Waals surface area contributed by atoms with Gasteiger partial charge >= 0.3 is 0 Å². The fourth-order valence-electron chi connectivity index (χ4n) is 1.76. The van der Waals surface area contributed by atoms with Gasteiger partial charge in [0, 0.05) is 31.4 Å². The van der Waals surface area contributed by atoms with E-state index in [1.54, 1.807) is 17.8 Å². The molecule has 1 fully saturated rings. The van der Waals surface area contributed by atoms with Crippen molar-refractivity contribution in [3.8, 4) is 0 Å². The second-order valence-corrected chi connectivity index (χ2v) is 5.29. The van der Waals surface area contributed by atoms with Crippen LogP contribution in [0.5, 0.6) is 0 Å². The van der Waals surface area contributed by atoms with E-state index in [4.69, 9.17) is 0 Å². The van der Waals surface area contributed by atoms with Crippen LogP contribution in [-0.4, -0.2) is 40.0 Å². The normalized spacial score (nSPS) is 18.1. The van der Waals surface area contributed by atoms with E-state index in [-0.39, 0.29) is 24.0 Å². The molecule has 1 aliphatic carbocycles. The molecular weight excluding hydrogens is 369 g/mol. The van der Waals surface area contributed by atoms with Gasteiger partial charge in [0.05, 0.1) is 12.7 Å². The highest BCUT2D eigenvalue weighted by atomic mass is 127. The maximum atomic E-state index is 10.5. The number of guanidine groups is 1. The summed E-state index contributed by atoms with van der Waals surface area (Å²) in [6, 6.07) is 0.543. The molecule has 114 valence electrons. The maximum absolute atomic E-state index is 10.5. The van der Waals surface area contributed by atoms with Crippen LogP contribution in [0.15, 0.2) is 17.4 Å². The van der Waals surface area contributed by atoms with Crippen LogP contribution in [0.2, 0.25) is 0 Å². The Labute approximate surface area is 137 Å². The SMILES string of the molecule is CCNC(=NCC(C)(O)c1cnn(C)c1)NC1CC1.I. The largest absolute Gasteiger partial charge is 0.383 e. The lowest BCUT2D eigenvalue weighted by molar-refractivity contribution is 0.0672. The molecule has 1 aliphatic rings. The lowest BCUT2D eigenvalue weighted by Gasteiger charge is -2.20. The zero-order valence-electron chi connectivity index (χ0n) is 12.3. The van der Waals surface area contributed by atoms with E-state index in [1.165, 1.54) is 12.8 Å². The molecule has 1 atom stereocenters. The van der Waals surface area contributed by atoms with Crippen molar-refractivity contribution < 1.29 is 5.11 Å². The average molecular weight is 393 g/mol.